The third kappa shape index (κ3) is 3.51. The van der Waals surface area contributed by atoms with Crippen molar-refractivity contribution in [1.82, 2.24) is 0 Å². The molecular formula is C16H25N3O. The minimum atomic E-state index is -0.449. The number of carbonyl (C=O) groups is 1. The predicted octanol–water partition coefficient (Wildman–Crippen LogP) is 2.60. The van der Waals surface area contributed by atoms with Crippen molar-refractivity contribution < 1.29 is 4.79 Å². The molecule has 1 amide bonds. The number of amides is 1. The first-order valence-electron chi connectivity index (χ1n) is 7.53. The Hall–Kier alpha value is -1.55. The van der Waals surface area contributed by atoms with Crippen LogP contribution in [0.15, 0.2) is 24.3 Å². The highest BCUT2D eigenvalue weighted by Gasteiger charge is 2.20. The van der Waals surface area contributed by atoms with Gasteiger partial charge < -0.3 is 16.0 Å². The SMILES string of the molecule is CC[C@@H](C)[C@H](N)C(=O)Nc1cccc(N2CCCC2)c1. The van der Waals surface area contributed by atoms with Crippen LogP contribution in [-0.4, -0.2) is 25.0 Å². The molecule has 1 heterocycles. The number of anilines is 2. The van der Waals surface area contributed by atoms with Crippen molar-refractivity contribution in [2.75, 3.05) is 23.3 Å². The van der Waals surface area contributed by atoms with E-state index in [9.17, 15) is 4.79 Å². The van der Waals surface area contributed by atoms with E-state index in [0.29, 0.717) is 0 Å². The van der Waals surface area contributed by atoms with Crippen molar-refractivity contribution in [3.63, 3.8) is 0 Å². The maximum atomic E-state index is 12.1. The largest absolute Gasteiger partial charge is 0.371 e. The summed E-state index contributed by atoms with van der Waals surface area (Å²) >= 11 is 0. The molecule has 1 saturated heterocycles. The molecule has 1 aromatic rings. The average molecular weight is 275 g/mol. The zero-order valence-corrected chi connectivity index (χ0v) is 12.4. The van der Waals surface area contributed by atoms with Crippen molar-refractivity contribution in [3.8, 4) is 0 Å². The molecule has 0 aromatic heterocycles. The summed E-state index contributed by atoms with van der Waals surface area (Å²) in [5.74, 6) is 0.0923. The smallest absolute Gasteiger partial charge is 0.241 e. The molecule has 0 unspecified atom stereocenters. The Morgan fingerprint density at radius 3 is 2.75 bits per heavy atom. The third-order valence-corrected chi connectivity index (χ3v) is 4.14. The molecule has 0 radical (unpaired) electrons. The Bertz CT molecular complexity index is 455. The van der Waals surface area contributed by atoms with Crippen LogP contribution in [0.1, 0.15) is 33.1 Å². The molecule has 2 atom stereocenters. The van der Waals surface area contributed by atoms with Crippen LogP contribution < -0.4 is 16.0 Å². The number of carbonyl (C=O) groups excluding carboxylic acids is 1. The van der Waals surface area contributed by atoms with Gasteiger partial charge in [-0.25, -0.2) is 0 Å². The lowest BCUT2D eigenvalue weighted by atomic mass is 9.99. The van der Waals surface area contributed by atoms with Crippen LogP contribution in [0.25, 0.3) is 0 Å². The van der Waals surface area contributed by atoms with Gasteiger partial charge in [-0.15, -0.1) is 0 Å². The highest BCUT2D eigenvalue weighted by Crippen LogP contribution is 2.23. The summed E-state index contributed by atoms with van der Waals surface area (Å²) in [7, 11) is 0. The molecule has 1 aliphatic heterocycles. The van der Waals surface area contributed by atoms with E-state index >= 15 is 0 Å². The van der Waals surface area contributed by atoms with Gasteiger partial charge in [-0.3, -0.25) is 4.79 Å². The summed E-state index contributed by atoms with van der Waals surface area (Å²) in [5, 5.41) is 2.93. The molecule has 2 rings (SSSR count). The second-order valence-electron chi connectivity index (χ2n) is 5.65. The van der Waals surface area contributed by atoms with E-state index < -0.39 is 6.04 Å². The van der Waals surface area contributed by atoms with Gasteiger partial charge in [-0.2, -0.15) is 0 Å². The van der Waals surface area contributed by atoms with E-state index in [1.165, 1.54) is 18.5 Å². The van der Waals surface area contributed by atoms with Gasteiger partial charge >= 0.3 is 0 Å². The zero-order chi connectivity index (χ0) is 14.5. The van der Waals surface area contributed by atoms with Crippen molar-refractivity contribution in [2.45, 2.75) is 39.2 Å². The molecule has 0 spiro atoms. The van der Waals surface area contributed by atoms with Crippen molar-refractivity contribution in [1.29, 1.82) is 0 Å². The number of benzene rings is 1. The quantitative estimate of drug-likeness (QED) is 0.868. The monoisotopic (exact) mass is 275 g/mol. The Balaban J connectivity index is 2.02. The van der Waals surface area contributed by atoms with Crippen LogP contribution in [-0.2, 0) is 4.79 Å². The van der Waals surface area contributed by atoms with Gasteiger partial charge in [0, 0.05) is 24.5 Å². The van der Waals surface area contributed by atoms with Crippen LogP contribution in [0, 0.1) is 5.92 Å². The first-order chi connectivity index (χ1) is 9.61. The predicted molar refractivity (Wildman–Crippen MR) is 83.9 cm³/mol. The van der Waals surface area contributed by atoms with E-state index in [1.54, 1.807) is 0 Å². The van der Waals surface area contributed by atoms with Gasteiger partial charge in [0.1, 0.15) is 0 Å². The molecule has 0 bridgehead atoms. The lowest BCUT2D eigenvalue weighted by Gasteiger charge is -2.20. The van der Waals surface area contributed by atoms with Crippen LogP contribution in [0.4, 0.5) is 11.4 Å². The Morgan fingerprint density at radius 2 is 2.10 bits per heavy atom. The van der Waals surface area contributed by atoms with Crippen molar-refractivity contribution >= 4 is 17.3 Å². The minimum absolute atomic E-state index is 0.0991. The normalized spacial score (nSPS) is 17.9. The lowest BCUT2D eigenvalue weighted by molar-refractivity contribution is -0.118. The van der Waals surface area contributed by atoms with Crippen LogP contribution in [0.5, 0.6) is 0 Å². The summed E-state index contributed by atoms with van der Waals surface area (Å²) < 4.78 is 0. The number of nitrogens with zero attached hydrogens (tertiary/aromatic N) is 1. The molecule has 110 valence electrons. The Labute approximate surface area is 121 Å². The fraction of sp³-hybridized carbons (Fsp3) is 0.562. The topological polar surface area (TPSA) is 58.4 Å². The minimum Gasteiger partial charge on any atom is -0.371 e. The zero-order valence-electron chi connectivity index (χ0n) is 12.4. The maximum Gasteiger partial charge on any atom is 0.241 e. The number of nitrogens with one attached hydrogen (secondary N) is 1. The molecule has 1 fully saturated rings. The maximum absolute atomic E-state index is 12.1. The first-order valence-corrected chi connectivity index (χ1v) is 7.53. The lowest BCUT2D eigenvalue weighted by Crippen LogP contribution is -2.40. The summed E-state index contributed by atoms with van der Waals surface area (Å²) in [5.41, 5.74) is 7.97. The Morgan fingerprint density at radius 1 is 1.40 bits per heavy atom. The summed E-state index contributed by atoms with van der Waals surface area (Å²) in [6.07, 6.45) is 3.40. The standard InChI is InChI=1S/C16H25N3O/c1-3-12(2)15(17)16(20)18-13-7-6-8-14(11-13)19-9-4-5-10-19/h6-8,11-12,15H,3-5,9-10,17H2,1-2H3,(H,18,20)/t12-,15+/m1/s1. The molecule has 1 aromatic carbocycles. The number of rotatable bonds is 5. The van der Waals surface area contributed by atoms with E-state index in [1.807, 2.05) is 32.0 Å². The van der Waals surface area contributed by atoms with Gasteiger partial charge in [-0.05, 0) is 37.0 Å². The van der Waals surface area contributed by atoms with Gasteiger partial charge in [0.2, 0.25) is 5.91 Å². The van der Waals surface area contributed by atoms with Gasteiger partial charge in [0.05, 0.1) is 6.04 Å². The summed E-state index contributed by atoms with van der Waals surface area (Å²) in [6, 6.07) is 7.58. The van der Waals surface area contributed by atoms with Crippen LogP contribution >= 0.6 is 0 Å². The van der Waals surface area contributed by atoms with Crippen molar-refractivity contribution in [2.24, 2.45) is 11.7 Å². The van der Waals surface area contributed by atoms with E-state index in [-0.39, 0.29) is 11.8 Å². The molecule has 0 saturated carbocycles. The number of hydrogen-bond donors (Lipinski definition) is 2. The summed E-state index contributed by atoms with van der Waals surface area (Å²) in [6.45, 7) is 6.25. The molecule has 4 heteroatoms. The fourth-order valence-electron chi connectivity index (χ4n) is 2.49. The van der Waals surface area contributed by atoms with Gasteiger partial charge in [0.25, 0.3) is 0 Å². The third-order valence-electron chi connectivity index (χ3n) is 4.14. The van der Waals surface area contributed by atoms with Gasteiger partial charge in [-0.1, -0.05) is 26.3 Å². The van der Waals surface area contributed by atoms with E-state index in [4.69, 9.17) is 5.73 Å². The fourth-order valence-corrected chi connectivity index (χ4v) is 2.49. The first kappa shape index (κ1) is 14.9. The molecule has 1 aliphatic rings. The van der Waals surface area contributed by atoms with Crippen LogP contribution in [0.2, 0.25) is 0 Å². The van der Waals surface area contributed by atoms with Crippen LogP contribution in [0.3, 0.4) is 0 Å². The second-order valence-corrected chi connectivity index (χ2v) is 5.65. The molecule has 4 nitrogen and oxygen atoms in total. The van der Waals surface area contributed by atoms with Crippen molar-refractivity contribution in [3.05, 3.63) is 24.3 Å². The average Bonchev–Trinajstić information content (AvgIpc) is 3.00. The number of hydrogen-bond acceptors (Lipinski definition) is 3. The van der Waals surface area contributed by atoms with E-state index in [0.717, 1.165) is 25.2 Å². The number of nitrogens with two attached hydrogens (primary N) is 1. The molecular weight excluding hydrogens is 250 g/mol. The molecule has 20 heavy (non-hydrogen) atoms. The highest BCUT2D eigenvalue weighted by atomic mass is 16.2. The Kier molecular flexibility index (Phi) is 5.01. The molecule has 0 aliphatic carbocycles. The van der Waals surface area contributed by atoms with E-state index in [2.05, 4.69) is 16.3 Å². The summed E-state index contributed by atoms with van der Waals surface area (Å²) in [4.78, 5) is 14.4. The molecule has 3 N–H and O–H groups in total. The van der Waals surface area contributed by atoms with Gasteiger partial charge in [0.15, 0.2) is 0 Å². The highest BCUT2D eigenvalue weighted by molar-refractivity contribution is 5.95. The second kappa shape index (κ2) is 6.75.